The summed E-state index contributed by atoms with van der Waals surface area (Å²) in [6, 6.07) is 6.39. The monoisotopic (exact) mass is 423 g/mol. The zero-order valence-corrected chi connectivity index (χ0v) is 18.8. The Bertz CT molecular complexity index is 836. The lowest BCUT2D eigenvalue weighted by Gasteiger charge is -2.35. The van der Waals surface area contributed by atoms with Crippen molar-refractivity contribution in [2.45, 2.75) is 64.9 Å². The Hall–Kier alpha value is -1.93. The van der Waals surface area contributed by atoms with E-state index >= 15 is 0 Å². The predicted octanol–water partition coefficient (Wildman–Crippen LogP) is 2.27. The fourth-order valence-electron chi connectivity index (χ4n) is 3.35. The first kappa shape index (κ1) is 23.3. The van der Waals surface area contributed by atoms with Gasteiger partial charge in [0.15, 0.2) is 0 Å². The first-order valence-corrected chi connectivity index (χ1v) is 11.6. The fourth-order valence-corrected chi connectivity index (χ4v) is 4.67. The molecule has 2 amide bonds. The molecule has 1 aliphatic rings. The number of nitrogens with one attached hydrogen (secondary N) is 2. The van der Waals surface area contributed by atoms with Gasteiger partial charge in [0.1, 0.15) is 0 Å². The molecule has 29 heavy (non-hydrogen) atoms. The minimum absolute atomic E-state index is 0.0542. The molecule has 1 aromatic carbocycles. The van der Waals surface area contributed by atoms with Crippen LogP contribution in [0.15, 0.2) is 29.2 Å². The number of benzene rings is 1. The van der Waals surface area contributed by atoms with E-state index in [1.54, 1.807) is 32.0 Å². The van der Waals surface area contributed by atoms with Gasteiger partial charge in [0.25, 0.3) is 0 Å². The fraction of sp³-hybridized carbons (Fsp3) is 0.619. The number of carbonyl (C=O) groups excluding carboxylic acids is 2. The zero-order valence-electron chi connectivity index (χ0n) is 18.0. The average molecular weight is 424 g/mol. The topological polar surface area (TPSA) is 95.6 Å². The molecule has 0 radical (unpaired) electrons. The van der Waals surface area contributed by atoms with Gasteiger partial charge in [-0.25, -0.2) is 13.1 Å². The lowest BCUT2D eigenvalue weighted by Crippen LogP contribution is -2.46. The number of amides is 2. The molecule has 0 aliphatic carbocycles. The van der Waals surface area contributed by atoms with Crippen LogP contribution in [-0.4, -0.2) is 44.3 Å². The molecule has 7 nitrogen and oxygen atoms in total. The van der Waals surface area contributed by atoms with Gasteiger partial charge in [-0.1, -0.05) is 32.9 Å². The second-order valence-electron chi connectivity index (χ2n) is 8.96. The van der Waals surface area contributed by atoms with Crippen molar-refractivity contribution in [2.75, 3.05) is 13.1 Å². The van der Waals surface area contributed by atoms with Crippen LogP contribution in [0.4, 0.5) is 0 Å². The van der Waals surface area contributed by atoms with Crippen LogP contribution < -0.4 is 10.0 Å². The summed E-state index contributed by atoms with van der Waals surface area (Å²) in [5.41, 5.74) is 0.315. The molecular formula is C21H33N3O4S. The predicted molar refractivity (Wildman–Crippen MR) is 113 cm³/mol. The summed E-state index contributed by atoms with van der Waals surface area (Å²) in [5, 5.41) is 2.90. The number of rotatable bonds is 6. The summed E-state index contributed by atoms with van der Waals surface area (Å²) >= 11 is 0. The molecule has 8 heteroatoms. The van der Waals surface area contributed by atoms with Crippen molar-refractivity contribution in [1.82, 2.24) is 14.9 Å². The summed E-state index contributed by atoms with van der Waals surface area (Å²) in [6.45, 7) is 10.7. The molecule has 0 aromatic heterocycles. The van der Waals surface area contributed by atoms with Crippen molar-refractivity contribution in [3.63, 3.8) is 0 Å². The largest absolute Gasteiger partial charge is 0.352 e. The van der Waals surface area contributed by atoms with Gasteiger partial charge in [-0.3, -0.25) is 9.59 Å². The number of nitrogens with zero attached hydrogens (tertiary/aromatic N) is 1. The van der Waals surface area contributed by atoms with Gasteiger partial charge in [-0.15, -0.1) is 0 Å². The quantitative estimate of drug-likeness (QED) is 0.734. The minimum atomic E-state index is -3.57. The van der Waals surface area contributed by atoms with Gasteiger partial charge in [0.2, 0.25) is 21.8 Å². The molecule has 1 fully saturated rings. The number of piperidine rings is 1. The van der Waals surface area contributed by atoms with Gasteiger partial charge >= 0.3 is 0 Å². The summed E-state index contributed by atoms with van der Waals surface area (Å²) in [4.78, 5) is 26.9. The van der Waals surface area contributed by atoms with Crippen LogP contribution in [0.25, 0.3) is 0 Å². The molecule has 1 heterocycles. The van der Waals surface area contributed by atoms with Crippen LogP contribution in [0.3, 0.4) is 0 Å². The normalized spacial score (nSPS) is 16.1. The van der Waals surface area contributed by atoms with Crippen molar-refractivity contribution < 1.29 is 18.0 Å². The number of hydrogen-bond acceptors (Lipinski definition) is 4. The van der Waals surface area contributed by atoms with E-state index in [0.29, 0.717) is 25.9 Å². The summed E-state index contributed by atoms with van der Waals surface area (Å²) in [5.74, 6) is -0.0700. The van der Waals surface area contributed by atoms with Crippen LogP contribution in [0.2, 0.25) is 0 Å². The Balaban J connectivity index is 1.91. The number of carbonyl (C=O) groups is 2. The van der Waals surface area contributed by atoms with Gasteiger partial charge in [-0.2, -0.15) is 0 Å². The Labute approximate surface area is 174 Å². The lowest BCUT2D eigenvalue weighted by atomic mass is 9.90. The third-order valence-electron chi connectivity index (χ3n) is 4.86. The average Bonchev–Trinajstić information content (AvgIpc) is 2.64. The molecule has 1 aliphatic heterocycles. The van der Waals surface area contributed by atoms with Crippen molar-refractivity contribution in [3.8, 4) is 0 Å². The van der Waals surface area contributed by atoms with E-state index in [9.17, 15) is 18.0 Å². The molecule has 0 spiro atoms. The smallest absolute Gasteiger partial charge is 0.240 e. The standard InChI is InChI=1S/C21H33N3O4S/c1-15(2)23-29(27,28)18-8-6-7-16(13-18)14-22-19(25)17-9-11-24(12-10-17)20(26)21(3,4)5/h6-8,13,15,17,23H,9-12,14H2,1-5H3,(H,22,25). The molecule has 1 saturated heterocycles. The lowest BCUT2D eigenvalue weighted by molar-refractivity contribution is -0.142. The maximum atomic E-state index is 12.5. The van der Waals surface area contributed by atoms with Crippen LogP contribution in [0, 0.1) is 11.3 Å². The van der Waals surface area contributed by atoms with Gasteiger partial charge in [-0.05, 0) is 44.4 Å². The second-order valence-corrected chi connectivity index (χ2v) is 10.7. The van der Waals surface area contributed by atoms with Crippen molar-refractivity contribution >= 4 is 21.8 Å². The molecule has 162 valence electrons. The van der Waals surface area contributed by atoms with Crippen LogP contribution >= 0.6 is 0 Å². The van der Waals surface area contributed by atoms with E-state index in [1.165, 1.54) is 6.07 Å². The first-order valence-electron chi connectivity index (χ1n) is 10.1. The third-order valence-corrected chi connectivity index (χ3v) is 6.52. The SMILES string of the molecule is CC(C)NS(=O)(=O)c1cccc(CNC(=O)C2CCN(C(=O)C(C)(C)C)CC2)c1. The molecule has 0 bridgehead atoms. The van der Waals surface area contributed by atoms with E-state index < -0.39 is 15.4 Å². The van der Waals surface area contributed by atoms with Crippen LogP contribution in [-0.2, 0) is 26.2 Å². The van der Waals surface area contributed by atoms with E-state index in [0.717, 1.165) is 5.56 Å². The highest BCUT2D eigenvalue weighted by Gasteiger charge is 2.32. The van der Waals surface area contributed by atoms with E-state index in [1.807, 2.05) is 25.7 Å². The zero-order chi connectivity index (χ0) is 21.8. The maximum Gasteiger partial charge on any atom is 0.240 e. The highest BCUT2D eigenvalue weighted by Crippen LogP contribution is 2.23. The van der Waals surface area contributed by atoms with Gasteiger partial charge < -0.3 is 10.2 Å². The van der Waals surface area contributed by atoms with Gasteiger partial charge in [0, 0.05) is 37.0 Å². The summed E-state index contributed by atoms with van der Waals surface area (Å²) < 4.78 is 27.2. The van der Waals surface area contributed by atoms with Crippen LogP contribution in [0.1, 0.15) is 53.0 Å². The first-order chi connectivity index (χ1) is 13.4. The Morgan fingerprint density at radius 3 is 2.34 bits per heavy atom. The van der Waals surface area contributed by atoms with Crippen molar-refractivity contribution in [3.05, 3.63) is 29.8 Å². The number of hydrogen-bond donors (Lipinski definition) is 2. The Morgan fingerprint density at radius 2 is 1.79 bits per heavy atom. The molecule has 2 rings (SSSR count). The van der Waals surface area contributed by atoms with Crippen LogP contribution in [0.5, 0.6) is 0 Å². The molecular weight excluding hydrogens is 390 g/mol. The highest BCUT2D eigenvalue weighted by atomic mass is 32.2. The van der Waals surface area contributed by atoms with Gasteiger partial charge in [0.05, 0.1) is 4.90 Å². The highest BCUT2D eigenvalue weighted by molar-refractivity contribution is 7.89. The molecule has 0 unspecified atom stereocenters. The number of sulfonamides is 1. The maximum absolute atomic E-state index is 12.5. The summed E-state index contributed by atoms with van der Waals surface area (Å²) in [7, 11) is -3.57. The van der Waals surface area contributed by atoms with Crippen molar-refractivity contribution in [2.24, 2.45) is 11.3 Å². The molecule has 0 atom stereocenters. The summed E-state index contributed by atoms with van der Waals surface area (Å²) in [6.07, 6.45) is 1.28. The Morgan fingerprint density at radius 1 is 1.17 bits per heavy atom. The van der Waals surface area contributed by atoms with E-state index in [-0.39, 0.29) is 35.2 Å². The van der Waals surface area contributed by atoms with Crippen molar-refractivity contribution in [1.29, 1.82) is 0 Å². The molecule has 0 saturated carbocycles. The second kappa shape index (κ2) is 9.26. The third kappa shape index (κ3) is 6.54. The Kier molecular flexibility index (Phi) is 7.45. The minimum Gasteiger partial charge on any atom is -0.352 e. The molecule has 2 N–H and O–H groups in total. The van der Waals surface area contributed by atoms with E-state index in [2.05, 4.69) is 10.0 Å². The number of likely N-dealkylation sites (tertiary alicyclic amines) is 1. The van der Waals surface area contributed by atoms with E-state index in [4.69, 9.17) is 0 Å². The molecule has 1 aromatic rings.